The second-order valence-corrected chi connectivity index (χ2v) is 23.1. The number of aliphatic carboxylic acids is 1. The molecule has 4 fully saturated rings. The highest BCUT2D eigenvalue weighted by Gasteiger charge is 2.65. The largest absolute Gasteiger partial charge is 0.480 e. The van der Waals surface area contributed by atoms with Crippen molar-refractivity contribution in [2.75, 3.05) is 0 Å². The van der Waals surface area contributed by atoms with Crippen molar-refractivity contribution in [3.63, 3.8) is 0 Å². The fourth-order valence-corrected chi connectivity index (χ4v) is 13.5. The lowest BCUT2D eigenvalue weighted by Crippen LogP contribution is -2.62. The third-order valence-corrected chi connectivity index (χ3v) is 17.5. The number of benzene rings is 2. The summed E-state index contributed by atoms with van der Waals surface area (Å²) < 4.78 is 0. The van der Waals surface area contributed by atoms with Crippen LogP contribution in [0.25, 0.3) is 0 Å². The van der Waals surface area contributed by atoms with E-state index in [2.05, 4.69) is 47.4 Å². The van der Waals surface area contributed by atoms with Crippen LogP contribution in [0.1, 0.15) is 131 Å². The number of aliphatic hydroxyl groups excluding tert-OH is 3. The number of amides is 5. The lowest BCUT2D eigenvalue weighted by Gasteiger charge is -2.63. The van der Waals surface area contributed by atoms with Gasteiger partial charge in [0.05, 0.1) is 18.3 Å². The molecule has 392 valence electrons. The zero-order valence-corrected chi connectivity index (χ0v) is 43.2. The summed E-state index contributed by atoms with van der Waals surface area (Å²) in [7, 11) is 0. The minimum absolute atomic E-state index is 0.00751. The molecule has 0 aromatic heterocycles. The number of carbonyl (C=O) groups excluding carboxylic acids is 5. The van der Waals surface area contributed by atoms with Gasteiger partial charge in [-0.3, -0.25) is 28.8 Å². The van der Waals surface area contributed by atoms with Crippen LogP contribution in [0, 0.1) is 58.2 Å². The number of rotatable bonds is 21. The van der Waals surface area contributed by atoms with Gasteiger partial charge in [0, 0.05) is 19.3 Å². The van der Waals surface area contributed by atoms with Crippen LogP contribution in [0.5, 0.6) is 0 Å². The molecule has 0 aliphatic heterocycles. The van der Waals surface area contributed by atoms with Crippen LogP contribution >= 0.6 is 0 Å². The summed E-state index contributed by atoms with van der Waals surface area (Å²) in [6, 6.07) is 12.3. The summed E-state index contributed by atoms with van der Waals surface area (Å²) in [4.78, 5) is 81.6. The van der Waals surface area contributed by atoms with Gasteiger partial charge in [-0.2, -0.15) is 0 Å². The first-order chi connectivity index (χ1) is 33.5. The Hall–Kier alpha value is -4.86. The zero-order valence-electron chi connectivity index (χ0n) is 43.2. The second-order valence-electron chi connectivity index (χ2n) is 23.1. The van der Waals surface area contributed by atoms with E-state index in [0.29, 0.717) is 37.7 Å². The molecule has 9 N–H and O–H groups in total. The smallest absolute Gasteiger partial charge is 0.325 e. The van der Waals surface area contributed by atoms with Crippen molar-refractivity contribution in [2.24, 2.45) is 58.2 Å². The quantitative estimate of drug-likeness (QED) is 0.0804. The number of fused-ring (bicyclic) bond motifs is 5. The fourth-order valence-electron chi connectivity index (χ4n) is 13.5. The highest BCUT2D eigenvalue weighted by Crippen LogP contribution is 2.68. The summed E-state index contributed by atoms with van der Waals surface area (Å²) in [5, 5.41) is 57.7. The molecule has 0 heterocycles. The van der Waals surface area contributed by atoms with Crippen molar-refractivity contribution in [2.45, 2.75) is 181 Å². The van der Waals surface area contributed by atoms with Gasteiger partial charge in [0.15, 0.2) is 0 Å². The predicted molar refractivity (Wildman–Crippen MR) is 270 cm³/mol. The molecule has 0 radical (unpaired) electrons. The standard InChI is InChI=1S/C56H83N5O10/c1-31(2)25-42(58-47(65)22-19-33(5)39-20-21-40-48-41(30-46(64)56(39,40)8)55(7)24-23-38(62)28-37(55)29-45(48)63)52(68)61-49(32(3)4)53(69)60-44(27-36-17-13-10-14-18-36)51(67)59-43(26-35-15-11-9-12-16-35)50(66)57-34(6)54(70)71/h9-18,31-34,37-46,48-49,62-64H,19-30H2,1-8H3,(H,57,66)(H,58,65)(H,59,67)(H,60,69)(H,61,68)(H,70,71)/t33-,34+,37?,38-,39-,40?,41?,42+,43+,44+,45-,46+,48?,49+,55+,56-/m1/s1. The molecule has 71 heavy (non-hydrogen) atoms. The Morgan fingerprint density at radius 2 is 1.21 bits per heavy atom. The Labute approximate surface area is 420 Å². The number of carboxylic acid groups (broad SMARTS) is 1. The van der Waals surface area contributed by atoms with Crippen LogP contribution in [0.4, 0.5) is 0 Å². The first-order valence-electron chi connectivity index (χ1n) is 26.4. The van der Waals surface area contributed by atoms with Gasteiger partial charge in [-0.15, -0.1) is 0 Å². The average Bonchev–Trinajstić information content (AvgIpc) is 3.68. The maximum atomic E-state index is 14.3. The number of carbonyl (C=O) groups is 6. The molecule has 4 saturated carbocycles. The van der Waals surface area contributed by atoms with E-state index < -0.39 is 83.3 Å². The van der Waals surface area contributed by atoms with Gasteiger partial charge in [-0.05, 0) is 134 Å². The Balaban J connectivity index is 1.10. The third-order valence-electron chi connectivity index (χ3n) is 17.5. The molecule has 5 amide bonds. The van der Waals surface area contributed by atoms with Crippen LogP contribution in [0.15, 0.2) is 60.7 Å². The third kappa shape index (κ3) is 13.0. The maximum Gasteiger partial charge on any atom is 0.325 e. The molecule has 0 saturated heterocycles. The van der Waals surface area contributed by atoms with Crippen LogP contribution in [0.3, 0.4) is 0 Å². The van der Waals surface area contributed by atoms with Gasteiger partial charge in [0.2, 0.25) is 29.5 Å². The molecule has 15 heteroatoms. The molecular weight excluding hydrogens is 903 g/mol. The first kappa shape index (κ1) is 55.5. The van der Waals surface area contributed by atoms with Crippen LogP contribution < -0.4 is 26.6 Å². The molecule has 2 aromatic rings. The Morgan fingerprint density at radius 3 is 1.77 bits per heavy atom. The summed E-state index contributed by atoms with van der Waals surface area (Å²) in [6.07, 6.45) is 5.27. The molecule has 0 spiro atoms. The van der Waals surface area contributed by atoms with Crippen molar-refractivity contribution < 1.29 is 49.2 Å². The summed E-state index contributed by atoms with van der Waals surface area (Å²) >= 11 is 0. The summed E-state index contributed by atoms with van der Waals surface area (Å²) in [6.45, 7) is 15.4. The number of nitrogens with one attached hydrogen (secondary N) is 5. The van der Waals surface area contributed by atoms with Crippen LogP contribution in [-0.2, 0) is 41.6 Å². The predicted octanol–water partition coefficient (Wildman–Crippen LogP) is 5.08. The molecule has 0 bridgehead atoms. The van der Waals surface area contributed by atoms with Crippen LogP contribution in [-0.4, -0.2) is 104 Å². The molecule has 4 aliphatic carbocycles. The highest BCUT2D eigenvalue weighted by atomic mass is 16.4. The molecular formula is C56H83N5O10. The zero-order chi connectivity index (χ0) is 51.9. The topological polar surface area (TPSA) is 243 Å². The van der Waals surface area contributed by atoms with Gasteiger partial charge >= 0.3 is 5.97 Å². The van der Waals surface area contributed by atoms with Crippen molar-refractivity contribution in [1.29, 1.82) is 0 Å². The highest BCUT2D eigenvalue weighted by molar-refractivity contribution is 5.96. The van der Waals surface area contributed by atoms with Gasteiger partial charge in [-0.1, -0.05) is 109 Å². The molecule has 6 rings (SSSR count). The van der Waals surface area contributed by atoms with E-state index in [1.165, 1.54) is 6.92 Å². The monoisotopic (exact) mass is 986 g/mol. The molecule has 15 nitrogen and oxygen atoms in total. The first-order valence-corrected chi connectivity index (χ1v) is 26.4. The van der Waals surface area contributed by atoms with E-state index in [1.54, 1.807) is 62.4 Å². The Bertz CT molecular complexity index is 2160. The Kier molecular flexibility index (Phi) is 18.6. The molecule has 4 aliphatic rings. The molecule has 2 aromatic carbocycles. The lowest BCUT2D eigenvalue weighted by atomic mass is 9.43. The minimum atomic E-state index is -1.24. The number of carboxylic acids is 1. The average molecular weight is 986 g/mol. The summed E-state index contributed by atoms with van der Waals surface area (Å²) in [5.41, 5.74) is 1.00. The number of hydrogen-bond donors (Lipinski definition) is 9. The van der Waals surface area contributed by atoms with Crippen molar-refractivity contribution in [3.8, 4) is 0 Å². The Morgan fingerprint density at radius 1 is 0.648 bits per heavy atom. The molecule has 4 unspecified atom stereocenters. The van der Waals surface area contributed by atoms with Crippen molar-refractivity contribution >= 4 is 35.5 Å². The van der Waals surface area contributed by atoms with Crippen LogP contribution in [0.2, 0.25) is 0 Å². The van der Waals surface area contributed by atoms with Gasteiger partial charge in [0.1, 0.15) is 30.2 Å². The maximum absolute atomic E-state index is 14.3. The van der Waals surface area contributed by atoms with E-state index in [9.17, 15) is 49.2 Å². The SMILES string of the molecule is CC(C)C[C@H](NC(=O)CC[C@@H](C)[C@H]1CCC2C3C(C[C@H](O)[C@@]21C)[C@@]1(C)CC[C@@H](O)CC1C[C@H]3O)C(=O)N[C@H](C(=O)N[C@@H](Cc1ccccc1)C(=O)N[C@@H](Cc1ccccc1)C(=O)N[C@@H](C)C(=O)O)C(C)C. The second kappa shape index (κ2) is 23.8. The van der Waals surface area contributed by atoms with Gasteiger partial charge < -0.3 is 47.0 Å². The van der Waals surface area contributed by atoms with E-state index in [1.807, 2.05) is 26.0 Å². The minimum Gasteiger partial charge on any atom is -0.480 e. The van der Waals surface area contributed by atoms with E-state index in [0.717, 1.165) is 31.2 Å². The van der Waals surface area contributed by atoms with Crippen molar-refractivity contribution in [1.82, 2.24) is 26.6 Å². The lowest BCUT2D eigenvalue weighted by molar-refractivity contribution is -0.207. The van der Waals surface area contributed by atoms with E-state index >= 15 is 0 Å². The van der Waals surface area contributed by atoms with Gasteiger partial charge in [0.25, 0.3) is 0 Å². The molecule has 16 atom stereocenters. The normalized spacial score (nSPS) is 30.5. The van der Waals surface area contributed by atoms with E-state index in [4.69, 9.17) is 0 Å². The number of aliphatic hydroxyl groups is 3. The van der Waals surface area contributed by atoms with Crippen molar-refractivity contribution in [3.05, 3.63) is 71.8 Å². The van der Waals surface area contributed by atoms with Gasteiger partial charge in [-0.25, -0.2) is 0 Å². The fraction of sp³-hybridized carbons (Fsp3) is 0.679. The number of hydrogen-bond acceptors (Lipinski definition) is 9. The van der Waals surface area contributed by atoms with E-state index in [-0.39, 0.29) is 78.1 Å². The summed E-state index contributed by atoms with van der Waals surface area (Å²) in [5.74, 6) is -3.63.